The van der Waals surface area contributed by atoms with Crippen LogP contribution in [0.25, 0.3) is 0 Å². The van der Waals surface area contributed by atoms with Gasteiger partial charge in [-0.25, -0.2) is 9.18 Å². The summed E-state index contributed by atoms with van der Waals surface area (Å²) in [4.78, 5) is 31.8. The molecule has 0 amide bonds. The second-order valence-electron chi connectivity index (χ2n) is 10.7. The zero-order chi connectivity index (χ0) is 30.9. The predicted molar refractivity (Wildman–Crippen MR) is 154 cm³/mol. The number of nitrogens with one attached hydrogen (secondary N) is 1. The molecule has 9 nitrogen and oxygen atoms in total. The summed E-state index contributed by atoms with van der Waals surface area (Å²) >= 11 is 0. The van der Waals surface area contributed by atoms with Gasteiger partial charge in [-0.1, -0.05) is 36.4 Å². The molecule has 13 heteroatoms. The lowest BCUT2D eigenvalue weighted by atomic mass is 10.1. The summed E-state index contributed by atoms with van der Waals surface area (Å²) < 4.78 is 58.5. The minimum absolute atomic E-state index is 0.0193. The van der Waals surface area contributed by atoms with E-state index < -0.39 is 47.0 Å². The Morgan fingerprint density at radius 3 is 2.30 bits per heavy atom. The molecule has 0 aliphatic carbocycles. The maximum absolute atomic E-state index is 14.9. The summed E-state index contributed by atoms with van der Waals surface area (Å²) in [6.07, 6.45) is -3.10. The largest absolute Gasteiger partial charge is 0.416 e. The normalized spacial score (nSPS) is 15.9. The van der Waals surface area contributed by atoms with Gasteiger partial charge >= 0.3 is 11.9 Å². The second-order valence-corrected chi connectivity index (χ2v) is 10.7. The summed E-state index contributed by atoms with van der Waals surface area (Å²) in [5.74, 6) is -1.10. The molecule has 2 aromatic carbocycles. The van der Waals surface area contributed by atoms with Gasteiger partial charge in [0, 0.05) is 49.7 Å². The minimum Gasteiger partial charge on any atom is -0.363 e. The molecule has 1 aliphatic rings. The van der Waals surface area contributed by atoms with Gasteiger partial charge in [0.1, 0.15) is 11.5 Å². The first-order chi connectivity index (χ1) is 20.5. The molecule has 1 fully saturated rings. The highest BCUT2D eigenvalue weighted by molar-refractivity contribution is 5.50. The Kier molecular flexibility index (Phi) is 8.56. The number of halogens is 4. The molecule has 1 saturated heterocycles. The number of anilines is 1. The predicted octanol–water partition coefficient (Wildman–Crippen LogP) is 3.83. The highest BCUT2D eigenvalue weighted by Gasteiger charge is 2.35. The molecule has 3 N–H and O–H groups in total. The number of hydrogen-bond acceptors (Lipinski definition) is 6. The van der Waals surface area contributed by atoms with Gasteiger partial charge in [0.2, 0.25) is 0 Å². The molecular weight excluding hydrogens is 566 g/mol. The Hall–Kier alpha value is -4.23. The lowest BCUT2D eigenvalue weighted by Gasteiger charge is -2.39. The van der Waals surface area contributed by atoms with Gasteiger partial charge in [-0.15, -0.1) is 0 Å². The molecule has 1 aliphatic heterocycles. The zero-order valence-electron chi connectivity index (χ0n) is 23.8. The van der Waals surface area contributed by atoms with Crippen molar-refractivity contribution < 1.29 is 17.6 Å². The van der Waals surface area contributed by atoms with E-state index in [4.69, 9.17) is 5.73 Å². The summed E-state index contributed by atoms with van der Waals surface area (Å²) in [6.45, 7) is 4.59. The van der Waals surface area contributed by atoms with Crippen molar-refractivity contribution in [2.45, 2.75) is 45.2 Å². The van der Waals surface area contributed by atoms with E-state index in [1.807, 2.05) is 17.9 Å². The molecule has 5 rings (SSSR count). The van der Waals surface area contributed by atoms with E-state index in [2.05, 4.69) is 15.1 Å². The van der Waals surface area contributed by atoms with Gasteiger partial charge in [-0.2, -0.15) is 18.3 Å². The minimum atomic E-state index is -4.84. The number of H-pyrrole nitrogens is 1. The van der Waals surface area contributed by atoms with Crippen LogP contribution in [0.4, 0.5) is 23.2 Å². The van der Waals surface area contributed by atoms with E-state index in [1.54, 1.807) is 36.5 Å². The number of hydrogen-bond donors (Lipinski definition) is 2. The van der Waals surface area contributed by atoms with Gasteiger partial charge in [0.25, 0.3) is 5.56 Å². The number of nitrogens with two attached hydrogens (primary N) is 1. The van der Waals surface area contributed by atoms with Crippen LogP contribution >= 0.6 is 0 Å². The van der Waals surface area contributed by atoms with Crippen molar-refractivity contribution in [3.05, 3.63) is 116 Å². The van der Waals surface area contributed by atoms with Crippen molar-refractivity contribution in [3.63, 3.8) is 0 Å². The third-order valence-electron chi connectivity index (χ3n) is 8.13. The van der Waals surface area contributed by atoms with Crippen LogP contribution in [-0.2, 0) is 19.3 Å². The molecule has 2 unspecified atom stereocenters. The molecule has 4 aromatic rings. The fourth-order valence-corrected chi connectivity index (χ4v) is 5.67. The van der Waals surface area contributed by atoms with E-state index in [0.29, 0.717) is 31.7 Å². The number of benzene rings is 2. The van der Waals surface area contributed by atoms with Crippen LogP contribution in [0, 0.1) is 12.7 Å². The molecule has 0 saturated carbocycles. The van der Waals surface area contributed by atoms with Crippen LogP contribution < -0.4 is 21.9 Å². The lowest BCUT2D eigenvalue weighted by molar-refractivity contribution is -0.138. The van der Waals surface area contributed by atoms with E-state index in [9.17, 15) is 27.2 Å². The number of rotatable bonds is 8. The molecule has 2 aromatic heterocycles. The maximum Gasteiger partial charge on any atom is 0.416 e. The van der Waals surface area contributed by atoms with Crippen molar-refractivity contribution in [3.8, 4) is 0 Å². The second kappa shape index (κ2) is 12.2. The first-order valence-electron chi connectivity index (χ1n) is 14.0. The third-order valence-corrected chi connectivity index (χ3v) is 8.13. The quantitative estimate of drug-likeness (QED) is 0.299. The van der Waals surface area contributed by atoms with E-state index in [-0.39, 0.29) is 24.0 Å². The van der Waals surface area contributed by atoms with Gasteiger partial charge in [0.05, 0.1) is 30.4 Å². The zero-order valence-corrected chi connectivity index (χ0v) is 23.8. The van der Waals surface area contributed by atoms with E-state index in [1.165, 1.54) is 6.92 Å². The molecular formula is C30H33F4N7O2. The van der Waals surface area contributed by atoms with E-state index >= 15 is 0 Å². The van der Waals surface area contributed by atoms with Crippen molar-refractivity contribution in [1.29, 1.82) is 0 Å². The van der Waals surface area contributed by atoms with Crippen molar-refractivity contribution in [1.82, 2.24) is 24.2 Å². The summed E-state index contributed by atoms with van der Waals surface area (Å²) in [5.41, 5.74) is 4.96. The lowest BCUT2D eigenvalue weighted by Crippen LogP contribution is -2.52. The SMILES string of the molecule is Cc1c(N2CCN(C(C)c3cc[nH]n3)CC2)c(=O)n(CC(N)c2ccccc2)c(=O)n1Cc1c(F)cccc1C(F)(F)F. The maximum atomic E-state index is 14.9. The number of alkyl halides is 3. The van der Waals surface area contributed by atoms with Gasteiger partial charge < -0.3 is 10.6 Å². The first-order valence-corrected chi connectivity index (χ1v) is 14.0. The van der Waals surface area contributed by atoms with Crippen LogP contribution in [-0.4, -0.2) is 50.4 Å². The number of aromatic nitrogens is 4. The highest BCUT2D eigenvalue weighted by Crippen LogP contribution is 2.34. The van der Waals surface area contributed by atoms with Crippen molar-refractivity contribution in [2.75, 3.05) is 31.1 Å². The van der Waals surface area contributed by atoms with Crippen molar-refractivity contribution >= 4 is 5.69 Å². The monoisotopic (exact) mass is 599 g/mol. The summed E-state index contributed by atoms with van der Waals surface area (Å²) in [5, 5.41) is 7.07. The average molecular weight is 600 g/mol. The van der Waals surface area contributed by atoms with E-state index in [0.717, 1.165) is 33.0 Å². The third kappa shape index (κ3) is 6.13. The molecule has 2 atom stereocenters. The smallest absolute Gasteiger partial charge is 0.363 e. The Bertz CT molecular complexity index is 1680. The molecule has 0 radical (unpaired) electrons. The average Bonchev–Trinajstić information content (AvgIpc) is 3.53. The molecule has 0 bridgehead atoms. The number of piperazine rings is 1. The molecule has 3 heterocycles. The van der Waals surface area contributed by atoms with Crippen LogP contribution in [0.15, 0.2) is 70.4 Å². The Labute approximate surface area is 245 Å². The van der Waals surface area contributed by atoms with Gasteiger partial charge in [-0.05, 0) is 37.6 Å². The van der Waals surface area contributed by atoms with Crippen LogP contribution in [0.5, 0.6) is 0 Å². The van der Waals surface area contributed by atoms with Gasteiger partial charge in [-0.3, -0.25) is 23.9 Å². The topological polar surface area (TPSA) is 105 Å². The summed E-state index contributed by atoms with van der Waals surface area (Å²) in [7, 11) is 0. The molecule has 0 spiro atoms. The van der Waals surface area contributed by atoms with Crippen LogP contribution in [0.3, 0.4) is 0 Å². The van der Waals surface area contributed by atoms with Crippen LogP contribution in [0.1, 0.15) is 47.1 Å². The molecule has 228 valence electrons. The summed E-state index contributed by atoms with van der Waals surface area (Å²) in [6, 6.07) is 12.7. The Balaban J connectivity index is 1.57. The fourth-order valence-electron chi connectivity index (χ4n) is 5.67. The van der Waals surface area contributed by atoms with Gasteiger partial charge in [0.15, 0.2) is 0 Å². The Morgan fingerprint density at radius 2 is 1.67 bits per heavy atom. The number of aromatic amines is 1. The molecule has 43 heavy (non-hydrogen) atoms. The fraction of sp³-hybridized carbons (Fsp3) is 0.367. The number of nitrogens with zero attached hydrogens (tertiary/aromatic N) is 5. The van der Waals surface area contributed by atoms with Crippen molar-refractivity contribution in [2.24, 2.45) is 5.73 Å². The first kappa shape index (κ1) is 30.2. The Morgan fingerprint density at radius 1 is 0.977 bits per heavy atom. The standard InChI is InChI=1S/C30H33F4N7O2/c1-19(26-11-12-36-37-26)38-13-15-39(16-14-38)27-20(2)40(17-22-23(30(32,33)34)9-6-10-24(22)31)29(43)41(28(27)42)18-25(35)21-7-4-3-5-8-21/h3-12,19,25H,13-18,35H2,1-2H3,(H,36,37). The van der Waals surface area contributed by atoms with Crippen LogP contribution in [0.2, 0.25) is 0 Å². The highest BCUT2D eigenvalue weighted by atomic mass is 19.4.